The summed E-state index contributed by atoms with van der Waals surface area (Å²) in [5, 5.41) is 10.2. The van der Waals surface area contributed by atoms with Crippen LogP contribution in [0.4, 0.5) is 11.4 Å². The number of hydrogen-bond donors (Lipinski definition) is 0. The van der Waals surface area contributed by atoms with Crippen LogP contribution < -0.4 is 9.80 Å². The number of amides is 1. The van der Waals surface area contributed by atoms with Crippen LogP contribution >= 0.6 is 11.6 Å². The normalized spacial score (nSPS) is 16.4. The number of benzene rings is 3. The zero-order chi connectivity index (χ0) is 26.6. The van der Waals surface area contributed by atoms with Crippen LogP contribution in [0.5, 0.6) is 0 Å². The molecule has 7 heteroatoms. The molecule has 2 aliphatic heterocycles. The number of halogens is 1. The molecular formula is C31H34ClN5O. The van der Waals surface area contributed by atoms with Crippen LogP contribution in [0.3, 0.4) is 0 Å². The van der Waals surface area contributed by atoms with Crippen molar-refractivity contribution in [3.8, 4) is 6.07 Å². The number of nitrogens with zero attached hydrogens (tertiary/aromatic N) is 5. The lowest BCUT2D eigenvalue weighted by molar-refractivity contribution is 0.0746. The highest BCUT2D eigenvalue weighted by Gasteiger charge is 2.26. The maximum atomic E-state index is 13.6. The molecular weight excluding hydrogens is 494 g/mol. The van der Waals surface area contributed by atoms with E-state index in [0.717, 1.165) is 78.9 Å². The summed E-state index contributed by atoms with van der Waals surface area (Å²) >= 11 is 6.40. The molecule has 0 aromatic heterocycles. The number of rotatable bonds is 5. The smallest absolute Gasteiger partial charge is 0.254 e. The average molecular weight is 528 g/mol. The van der Waals surface area contributed by atoms with Gasteiger partial charge >= 0.3 is 0 Å². The molecule has 0 saturated carbocycles. The number of anilines is 2. The van der Waals surface area contributed by atoms with Gasteiger partial charge in [0.25, 0.3) is 5.91 Å². The standard InChI is InChI=1S/C31H34ClN5O/c1-23-19-24(2)27(31(38)37-17-15-36(16-18-37)30-10-6-4-8-28(30)32)20-26(23)22-34-11-13-35(14-12-34)29-9-5-3-7-25(29)21-33/h3-10,19-20H,11-18,22H2,1-2H3. The second kappa shape index (κ2) is 11.5. The molecule has 1 amide bonds. The van der Waals surface area contributed by atoms with E-state index in [1.54, 1.807) is 0 Å². The van der Waals surface area contributed by atoms with Gasteiger partial charge in [-0.25, -0.2) is 0 Å². The van der Waals surface area contributed by atoms with E-state index in [4.69, 9.17) is 11.6 Å². The van der Waals surface area contributed by atoms with Gasteiger partial charge < -0.3 is 14.7 Å². The van der Waals surface area contributed by atoms with Gasteiger partial charge in [-0.05, 0) is 60.9 Å². The Balaban J connectivity index is 1.23. The fourth-order valence-corrected chi connectivity index (χ4v) is 5.81. The van der Waals surface area contributed by atoms with Gasteiger partial charge in [0, 0.05) is 64.5 Å². The minimum absolute atomic E-state index is 0.112. The number of nitriles is 1. The monoisotopic (exact) mass is 527 g/mol. The summed E-state index contributed by atoms with van der Waals surface area (Å²) in [6.07, 6.45) is 0. The molecule has 0 spiro atoms. The zero-order valence-corrected chi connectivity index (χ0v) is 22.9. The lowest BCUT2D eigenvalue weighted by Gasteiger charge is -2.37. The predicted octanol–water partition coefficient (Wildman–Crippen LogP) is 5.11. The molecule has 0 bridgehead atoms. The van der Waals surface area contributed by atoms with Crippen molar-refractivity contribution in [2.45, 2.75) is 20.4 Å². The molecule has 0 aliphatic carbocycles. The fourth-order valence-electron chi connectivity index (χ4n) is 5.56. The van der Waals surface area contributed by atoms with Crippen LogP contribution in [0, 0.1) is 25.2 Å². The van der Waals surface area contributed by atoms with E-state index in [2.05, 4.69) is 39.8 Å². The highest BCUT2D eigenvalue weighted by atomic mass is 35.5. The second-order valence-corrected chi connectivity index (χ2v) is 10.6. The lowest BCUT2D eigenvalue weighted by Crippen LogP contribution is -2.49. The zero-order valence-electron chi connectivity index (χ0n) is 22.2. The molecule has 3 aromatic carbocycles. The highest BCUT2D eigenvalue weighted by molar-refractivity contribution is 6.33. The van der Waals surface area contributed by atoms with Crippen LogP contribution in [-0.2, 0) is 6.54 Å². The molecule has 2 aliphatic rings. The van der Waals surface area contributed by atoms with Crippen molar-refractivity contribution in [2.24, 2.45) is 0 Å². The van der Waals surface area contributed by atoms with Crippen LogP contribution in [0.1, 0.15) is 32.6 Å². The van der Waals surface area contributed by atoms with E-state index >= 15 is 0 Å². The minimum atomic E-state index is 0.112. The summed E-state index contributed by atoms with van der Waals surface area (Å²) in [4.78, 5) is 22.6. The summed E-state index contributed by atoms with van der Waals surface area (Å²) < 4.78 is 0. The van der Waals surface area contributed by atoms with E-state index in [9.17, 15) is 10.1 Å². The molecule has 6 nitrogen and oxygen atoms in total. The van der Waals surface area contributed by atoms with E-state index in [0.29, 0.717) is 13.1 Å². The van der Waals surface area contributed by atoms with Crippen molar-refractivity contribution in [1.29, 1.82) is 5.26 Å². The van der Waals surface area contributed by atoms with Gasteiger partial charge in [0.2, 0.25) is 0 Å². The third kappa shape index (κ3) is 5.50. The van der Waals surface area contributed by atoms with E-state index < -0.39 is 0 Å². The number of piperazine rings is 2. The molecule has 3 aromatic rings. The first-order chi connectivity index (χ1) is 18.4. The maximum absolute atomic E-state index is 13.6. The highest BCUT2D eigenvalue weighted by Crippen LogP contribution is 2.27. The molecule has 38 heavy (non-hydrogen) atoms. The Morgan fingerprint density at radius 1 is 0.816 bits per heavy atom. The van der Waals surface area contributed by atoms with Gasteiger partial charge in [-0.15, -0.1) is 0 Å². The molecule has 2 saturated heterocycles. The van der Waals surface area contributed by atoms with Gasteiger partial charge in [0.15, 0.2) is 0 Å². The summed E-state index contributed by atoms with van der Waals surface area (Å²) in [7, 11) is 0. The second-order valence-electron chi connectivity index (χ2n) is 10.2. The predicted molar refractivity (Wildman–Crippen MR) is 154 cm³/mol. The van der Waals surface area contributed by atoms with Crippen molar-refractivity contribution in [3.05, 3.63) is 93.5 Å². The molecule has 2 heterocycles. The third-order valence-electron chi connectivity index (χ3n) is 7.80. The van der Waals surface area contributed by atoms with Gasteiger partial charge in [-0.3, -0.25) is 9.69 Å². The molecule has 0 N–H and O–H groups in total. The molecule has 2 fully saturated rings. The molecule has 0 radical (unpaired) electrons. The number of hydrogen-bond acceptors (Lipinski definition) is 5. The van der Waals surface area contributed by atoms with Crippen molar-refractivity contribution in [2.75, 3.05) is 62.2 Å². The molecule has 196 valence electrons. The van der Waals surface area contributed by atoms with Crippen LogP contribution in [-0.4, -0.2) is 68.1 Å². The fraction of sp³-hybridized carbons (Fsp3) is 0.355. The van der Waals surface area contributed by atoms with Crippen molar-refractivity contribution in [1.82, 2.24) is 9.80 Å². The first kappa shape index (κ1) is 26.1. The SMILES string of the molecule is Cc1cc(C)c(C(=O)N2CCN(c3ccccc3Cl)CC2)cc1CN1CCN(c2ccccc2C#N)CC1. The molecule has 5 rings (SSSR count). The van der Waals surface area contributed by atoms with E-state index in [-0.39, 0.29) is 5.91 Å². The van der Waals surface area contributed by atoms with Crippen molar-refractivity contribution < 1.29 is 4.79 Å². The van der Waals surface area contributed by atoms with Gasteiger partial charge in [0.1, 0.15) is 6.07 Å². The summed E-state index contributed by atoms with van der Waals surface area (Å²) in [6, 6.07) is 22.3. The molecule has 0 unspecified atom stereocenters. The summed E-state index contributed by atoms with van der Waals surface area (Å²) in [5.41, 5.74) is 7.04. The number of para-hydroxylation sites is 2. The van der Waals surface area contributed by atoms with E-state index in [1.165, 1.54) is 11.1 Å². The maximum Gasteiger partial charge on any atom is 0.254 e. The Morgan fingerprint density at radius 2 is 1.42 bits per heavy atom. The Bertz CT molecular complexity index is 1350. The number of carbonyl (C=O) groups excluding carboxylic acids is 1. The average Bonchev–Trinajstić information content (AvgIpc) is 2.95. The Labute approximate surface area is 230 Å². The van der Waals surface area contributed by atoms with Gasteiger partial charge in [-0.1, -0.05) is 41.9 Å². The first-order valence-electron chi connectivity index (χ1n) is 13.3. The van der Waals surface area contributed by atoms with Crippen molar-refractivity contribution in [3.63, 3.8) is 0 Å². The van der Waals surface area contributed by atoms with E-state index in [1.807, 2.05) is 60.4 Å². The Kier molecular flexibility index (Phi) is 7.87. The van der Waals surface area contributed by atoms with Crippen molar-refractivity contribution >= 4 is 28.9 Å². The number of aryl methyl sites for hydroxylation is 2. The largest absolute Gasteiger partial charge is 0.368 e. The van der Waals surface area contributed by atoms with Gasteiger partial charge in [0.05, 0.1) is 22.0 Å². The van der Waals surface area contributed by atoms with Crippen LogP contribution in [0.2, 0.25) is 5.02 Å². The Morgan fingerprint density at radius 3 is 2.11 bits per heavy atom. The topological polar surface area (TPSA) is 53.8 Å². The Hall–Kier alpha value is -3.53. The summed E-state index contributed by atoms with van der Waals surface area (Å²) in [5.74, 6) is 0.112. The third-order valence-corrected chi connectivity index (χ3v) is 8.12. The summed E-state index contributed by atoms with van der Waals surface area (Å²) in [6.45, 7) is 11.5. The van der Waals surface area contributed by atoms with Gasteiger partial charge in [-0.2, -0.15) is 5.26 Å². The molecule has 0 atom stereocenters. The van der Waals surface area contributed by atoms with Crippen LogP contribution in [0.15, 0.2) is 60.7 Å². The lowest BCUT2D eigenvalue weighted by atomic mass is 9.98. The number of carbonyl (C=O) groups is 1. The quantitative estimate of drug-likeness (QED) is 0.461. The van der Waals surface area contributed by atoms with Crippen LogP contribution in [0.25, 0.3) is 0 Å². The minimum Gasteiger partial charge on any atom is -0.368 e. The first-order valence-corrected chi connectivity index (χ1v) is 13.7.